The summed E-state index contributed by atoms with van der Waals surface area (Å²) in [7, 11) is 0. The lowest BCUT2D eigenvalue weighted by molar-refractivity contribution is -0.149. The fourth-order valence-electron chi connectivity index (χ4n) is 4.79. The lowest BCUT2D eigenvalue weighted by Crippen LogP contribution is -2.59. The van der Waals surface area contributed by atoms with Crippen molar-refractivity contribution in [1.82, 2.24) is 30.5 Å². The van der Waals surface area contributed by atoms with Gasteiger partial charge in [-0.1, -0.05) is 18.2 Å². The summed E-state index contributed by atoms with van der Waals surface area (Å²) in [6, 6.07) is 2.98. The van der Waals surface area contributed by atoms with Gasteiger partial charge in [0, 0.05) is 48.4 Å². The fraction of sp³-hybridized carbons (Fsp3) is 0.423. The van der Waals surface area contributed by atoms with E-state index in [1.165, 1.54) is 24.3 Å². The fourth-order valence-corrected chi connectivity index (χ4v) is 4.79. The number of carbonyl (C=O) groups is 4. The number of hydrogen-bond donors (Lipinski definition) is 7. The van der Waals surface area contributed by atoms with Gasteiger partial charge in [-0.2, -0.15) is 0 Å². The van der Waals surface area contributed by atoms with Crippen LogP contribution in [0.15, 0.2) is 43.0 Å². The lowest BCUT2D eigenvalue weighted by atomic mass is 10.0. The number of aliphatic carboxylic acids is 1. The molecule has 13 heteroatoms. The van der Waals surface area contributed by atoms with Gasteiger partial charge < -0.3 is 41.4 Å². The van der Waals surface area contributed by atoms with Crippen molar-refractivity contribution >= 4 is 34.6 Å². The van der Waals surface area contributed by atoms with Crippen molar-refractivity contribution in [2.45, 2.75) is 62.9 Å². The number of aliphatic hydroxyl groups excluding tert-OH is 1. The highest BCUT2D eigenvalue weighted by Gasteiger charge is 2.39. The van der Waals surface area contributed by atoms with E-state index in [0.717, 1.165) is 16.5 Å². The first-order valence-electron chi connectivity index (χ1n) is 12.8. The molecule has 1 fully saturated rings. The molecule has 1 aromatic carbocycles. The summed E-state index contributed by atoms with van der Waals surface area (Å²) in [5.74, 6) is -3.03. The highest BCUT2D eigenvalue weighted by Crippen LogP contribution is 2.23. The summed E-state index contributed by atoms with van der Waals surface area (Å²) < 4.78 is 0. The van der Waals surface area contributed by atoms with Crippen LogP contribution in [0.5, 0.6) is 0 Å². The molecule has 39 heavy (non-hydrogen) atoms. The Morgan fingerprint density at radius 2 is 1.87 bits per heavy atom. The number of hydrogen-bond acceptors (Lipinski definition) is 7. The van der Waals surface area contributed by atoms with Gasteiger partial charge in [-0.25, -0.2) is 9.78 Å². The maximum Gasteiger partial charge on any atom is 0.326 e. The first-order valence-corrected chi connectivity index (χ1v) is 12.8. The minimum Gasteiger partial charge on any atom is -0.480 e. The Hall–Kier alpha value is -4.23. The molecule has 1 saturated heterocycles. The van der Waals surface area contributed by atoms with E-state index in [-0.39, 0.29) is 19.4 Å². The van der Waals surface area contributed by atoms with Crippen molar-refractivity contribution in [2.24, 2.45) is 5.73 Å². The van der Waals surface area contributed by atoms with E-state index < -0.39 is 54.0 Å². The van der Waals surface area contributed by atoms with Gasteiger partial charge in [0.1, 0.15) is 24.2 Å². The molecule has 0 bridgehead atoms. The number of carbonyl (C=O) groups excluding carboxylic acids is 3. The molecule has 0 saturated carbocycles. The Labute approximate surface area is 224 Å². The number of benzene rings is 1. The number of para-hydroxylation sites is 1. The number of nitrogens with zero attached hydrogens (tertiary/aromatic N) is 2. The molecule has 2 aromatic heterocycles. The summed E-state index contributed by atoms with van der Waals surface area (Å²) in [6.07, 6.45) is 4.49. The van der Waals surface area contributed by atoms with Crippen LogP contribution in [-0.2, 0) is 32.0 Å². The van der Waals surface area contributed by atoms with Crippen molar-refractivity contribution in [2.75, 3.05) is 6.54 Å². The van der Waals surface area contributed by atoms with Gasteiger partial charge in [0.15, 0.2) is 0 Å². The highest BCUT2D eigenvalue weighted by atomic mass is 16.4. The molecule has 1 aliphatic rings. The molecule has 1 aliphatic heterocycles. The second-order valence-corrected chi connectivity index (χ2v) is 9.76. The Balaban J connectivity index is 1.61. The third-order valence-electron chi connectivity index (χ3n) is 6.97. The van der Waals surface area contributed by atoms with Crippen LogP contribution in [0.1, 0.15) is 31.0 Å². The second-order valence-electron chi connectivity index (χ2n) is 9.76. The van der Waals surface area contributed by atoms with Crippen molar-refractivity contribution in [3.63, 3.8) is 0 Å². The highest BCUT2D eigenvalue weighted by molar-refractivity contribution is 5.95. The molecule has 3 heterocycles. The van der Waals surface area contributed by atoms with E-state index in [2.05, 4.69) is 25.6 Å². The van der Waals surface area contributed by atoms with Crippen LogP contribution in [-0.4, -0.2) is 90.6 Å². The standard InChI is InChI=1S/C26H33N7O6/c1-14(34)22(27)24(36)31-19(10-16-12-28-13-30-16)23(35)32-20(25(37)33-8-4-7-21(33)26(38)39)9-15-11-29-18-6-3-2-5-17(15)18/h2-3,5-6,11-14,19-22,29,34H,4,7-10,27H2,1H3,(H,28,30)(H,31,36)(H,32,35)(H,38,39). The molecule has 0 spiro atoms. The van der Waals surface area contributed by atoms with Crippen LogP contribution < -0.4 is 16.4 Å². The maximum absolute atomic E-state index is 13.7. The largest absolute Gasteiger partial charge is 0.480 e. The van der Waals surface area contributed by atoms with Gasteiger partial charge in [-0.3, -0.25) is 14.4 Å². The van der Waals surface area contributed by atoms with Crippen LogP contribution in [0.3, 0.4) is 0 Å². The number of likely N-dealkylation sites (tertiary alicyclic amines) is 1. The van der Waals surface area contributed by atoms with E-state index in [1.807, 2.05) is 24.3 Å². The summed E-state index contributed by atoms with van der Waals surface area (Å²) in [4.78, 5) is 63.0. The molecular formula is C26H33N7O6. The maximum atomic E-state index is 13.7. The number of H-pyrrole nitrogens is 2. The molecule has 0 radical (unpaired) electrons. The van der Waals surface area contributed by atoms with Crippen molar-refractivity contribution in [3.8, 4) is 0 Å². The summed E-state index contributed by atoms with van der Waals surface area (Å²) >= 11 is 0. The van der Waals surface area contributed by atoms with Crippen molar-refractivity contribution in [1.29, 1.82) is 0 Å². The lowest BCUT2D eigenvalue weighted by Gasteiger charge is -2.29. The zero-order chi connectivity index (χ0) is 28.1. The number of fused-ring (bicyclic) bond motifs is 1. The van der Waals surface area contributed by atoms with Crippen LogP contribution in [0.2, 0.25) is 0 Å². The van der Waals surface area contributed by atoms with Gasteiger partial charge in [0.25, 0.3) is 0 Å². The smallest absolute Gasteiger partial charge is 0.326 e. The molecule has 3 aromatic rings. The minimum atomic E-state index is -1.27. The predicted molar refractivity (Wildman–Crippen MR) is 140 cm³/mol. The number of rotatable bonds is 11. The molecule has 5 atom stereocenters. The quantitative estimate of drug-likeness (QED) is 0.167. The number of aromatic amines is 2. The molecule has 3 amide bonds. The van der Waals surface area contributed by atoms with E-state index in [1.54, 1.807) is 6.20 Å². The third-order valence-corrected chi connectivity index (χ3v) is 6.97. The number of carboxylic acid groups (broad SMARTS) is 1. The second kappa shape index (κ2) is 12.1. The SMILES string of the molecule is CC(O)C(N)C(=O)NC(Cc1cnc[nH]1)C(=O)NC(Cc1c[nH]c2ccccc12)C(=O)N1CCCC1C(=O)O. The molecule has 0 aliphatic carbocycles. The number of amides is 3. The normalized spacial score (nSPS) is 18.3. The van der Waals surface area contributed by atoms with Gasteiger partial charge in [-0.15, -0.1) is 0 Å². The van der Waals surface area contributed by atoms with E-state index in [0.29, 0.717) is 18.5 Å². The molecule has 13 nitrogen and oxygen atoms in total. The number of imidazole rings is 1. The molecular weight excluding hydrogens is 506 g/mol. The van der Waals surface area contributed by atoms with E-state index >= 15 is 0 Å². The monoisotopic (exact) mass is 539 g/mol. The number of carboxylic acids is 1. The minimum absolute atomic E-state index is 0.0135. The van der Waals surface area contributed by atoms with Gasteiger partial charge in [0.05, 0.1) is 12.4 Å². The van der Waals surface area contributed by atoms with Crippen LogP contribution in [0.4, 0.5) is 0 Å². The van der Waals surface area contributed by atoms with Crippen LogP contribution >= 0.6 is 0 Å². The summed E-state index contributed by atoms with van der Waals surface area (Å²) in [5, 5.41) is 25.6. The first-order chi connectivity index (χ1) is 18.7. The zero-order valence-corrected chi connectivity index (χ0v) is 21.5. The molecule has 8 N–H and O–H groups in total. The zero-order valence-electron chi connectivity index (χ0n) is 21.5. The van der Waals surface area contributed by atoms with Crippen molar-refractivity contribution in [3.05, 3.63) is 54.2 Å². The average Bonchev–Trinajstić information content (AvgIpc) is 3.68. The van der Waals surface area contributed by atoms with Gasteiger partial charge in [0.2, 0.25) is 17.7 Å². The van der Waals surface area contributed by atoms with E-state index in [9.17, 15) is 29.4 Å². The van der Waals surface area contributed by atoms with E-state index in [4.69, 9.17) is 5.73 Å². The van der Waals surface area contributed by atoms with Gasteiger partial charge >= 0.3 is 5.97 Å². The Morgan fingerprint density at radius 1 is 1.13 bits per heavy atom. The number of aromatic nitrogens is 3. The summed E-state index contributed by atoms with van der Waals surface area (Å²) in [6.45, 7) is 1.62. The first kappa shape index (κ1) is 27.8. The van der Waals surface area contributed by atoms with Crippen molar-refractivity contribution < 1.29 is 29.4 Å². The van der Waals surface area contributed by atoms with Crippen LogP contribution in [0, 0.1) is 0 Å². The molecule has 208 valence electrons. The van der Waals surface area contributed by atoms with Gasteiger partial charge in [-0.05, 0) is 31.4 Å². The summed E-state index contributed by atoms with van der Waals surface area (Å²) in [5.41, 5.74) is 7.93. The Kier molecular flexibility index (Phi) is 8.62. The Morgan fingerprint density at radius 3 is 2.56 bits per heavy atom. The third kappa shape index (κ3) is 6.44. The number of nitrogens with one attached hydrogen (secondary N) is 4. The number of aliphatic hydroxyl groups is 1. The topological polar surface area (TPSA) is 207 Å². The molecule has 4 rings (SSSR count). The van der Waals surface area contributed by atoms with Crippen LogP contribution in [0.25, 0.3) is 10.9 Å². The Bertz CT molecular complexity index is 1320. The molecule has 5 unspecified atom stereocenters. The predicted octanol–water partition coefficient (Wildman–Crippen LogP) is -0.570. The number of nitrogens with two attached hydrogens (primary N) is 1. The average molecular weight is 540 g/mol.